The predicted octanol–water partition coefficient (Wildman–Crippen LogP) is 1.90. The third-order valence-corrected chi connectivity index (χ3v) is 4.00. The first-order chi connectivity index (χ1) is 10.1. The number of carbonyl (C=O) groups excluding carboxylic acids is 1. The first-order valence-electron chi connectivity index (χ1n) is 7.78. The first kappa shape index (κ1) is 16.0. The molecule has 2 unspecified atom stereocenters. The van der Waals surface area contributed by atoms with E-state index in [0.29, 0.717) is 0 Å². The summed E-state index contributed by atoms with van der Waals surface area (Å²) in [5, 5.41) is 12.4. The Balaban J connectivity index is 1.93. The van der Waals surface area contributed by atoms with E-state index < -0.39 is 12.1 Å². The summed E-state index contributed by atoms with van der Waals surface area (Å²) < 4.78 is 5.19. The molecule has 6 heteroatoms. The Labute approximate surface area is 125 Å². The van der Waals surface area contributed by atoms with E-state index in [2.05, 4.69) is 10.3 Å². The van der Waals surface area contributed by atoms with Crippen molar-refractivity contribution in [3.63, 3.8) is 0 Å². The fraction of sp³-hybridized carbons (Fsp3) is 0.733. The monoisotopic (exact) mass is 295 g/mol. The summed E-state index contributed by atoms with van der Waals surface area (Å²) in [7, 11) is 0. The number of aliphatic hydroxyl groups is 1. The molecule has 1 aliphatic carbocycles. The minimum absolute atomic E-state index is 0.188. The van der Waals surface area contributed by atoms with Gasteiger partial charge in [-0.1, -0.05) is 32.1 Å². The third-order valence-electron chi connectivity index (χ3n) is 4.00. The Hall–Kier alpha value is -1.40. The molecule has 0 aliphatic heterocycles. The van der Waals surface area contributed by atoms with Crippen LogP contribution in [0.15, 0.2) is 10.7 Å². The minimum Gasteiger partial charge on any atom is -0.446 e. The maximum atomic E-state index is 12.2. The van der Waals surface area contributed by atoms with Gasteiger partial charge in [0.25, 0.3) is 5.91 Å². The maximum absolute atomic E-state index is 12.2. The van der Waals surface area contributed by atoms with Gasteiger partial charge in [-0.3, -0.25) is 4.79 Å². The zero-order valence-corrected chi connectivity index (χ0v) is 12.5. The van der Waals surface area contributed by atoms with Crippen molar-refractivity contribution >= 4 is 5.91 Å². The van der Waals surface area contributed by atoms with Crippen LogP contribution in [0.2, 0.25) is 0 Å². The average molecular weight is 295 g/mol. The lowest BCUT2D eigenvalue weighted by Gasteiger charge is -2.20. The molecule has 1 aliphatic rings. The molecule has 0 spiro atoms. The van der Waals surface area contributed by atoms with E-state index in [4.69, 9.17) is 10.2 Å². The van der Waals surface area contributed by atoms with Crippen molar-refractivity contribution in [3.8, 4) is 0 Å². The number of carbonyl (C=O) groups is 1. The molecular weight excluding hydrogens is 270 g/mol. The van der Waals surface area contributed by atoms with Gasteiger partial charge in [0.2, 0.25) is 5.89 Å². The smallest absolute Gasteiger partial charge is 0.273 e. The normalized spacial score (nSPS) is 20.3. The van der Waals surface area contributed by atoms with Crippen LogP contribution in [0.1, 0.15) is 74.3 Å². The Morgan fingerprint density at radius 3 is 2.62 bits per heavy atom. The topological polar surface area (TPSA) is 101 Å². The summed E-state index contributed by atoms with van der Waals surface area (Å²) in [6.07, 6.45) is 8.65. The van der Waals surface area contributed by atoms with Crippen molar-refractivity contribution in [1.82, 2.24) is 10.3 Å². The fourth-order valence-electron chi connectivity index (χ4n) is 2.61. The van der Waals surface area contributed by atoms with E-state index >= 15 is 0 Å². The van der Waals surface area contributed by atoms with Gasteiger partial charge in [0.15, 0.2) is 5.69 Å². The van der Waals surface area contributed by atoms with Crippen LogP contribution < -0.4 is 11.1 Å². The lowest BCUT2D eigenvalue weighted by Crippen LogP contribution is -2.35. The molecule has 0 radical (unpaired) electrons. The molecule has 0 aromatic carbocycles. The van der Waals surface area contributed by atoms with Gasteiger partial charge in [-0.15, -0.1) is 0 Å². The van der Waals surface area contributed by atoms with Crippen LogP contribution in [0.4, 0.5) is 0 Å². The van der Waals surface area contributed by atoms with Gasteiger partial charge in [-0.25, -0.2) is 4.98 Å². The predicted molar refractivity (Wildman–Crippen MR) is 78.7 cm³/mol. The number of hydrogen-bond acceptors (Lipinski definition) is 5. The van der Waals surface area contributed by atoms with E-state index in [1.807, 2.05) is 0 Å². The second-order valence-electron chi connectivity index (χ2n) is 5.85. The highest BCUT2D eigenvalue weighted by molar-refractivity contribution is 5.92. The third kappa shape index (κ3) is 4.54. The molecule has 1 aromatic rings. The van der Waals surface area contributed by atoms with Crippen molar-refractivity contribution < 1.29 is 14.3 Å². The summed E-state index contributed by atoms with van der Waals surface area (Å²) in [6, 6.07) is -0.503. The fourth-order valence-corrected chi connectivity index (χ4v) is 2.61. The van der Waals surface area contributed by atoms with Crippen LogP contribution in [0.25, 0.3) is 0 Å². The highest BCUT2D eigenvalue weighted by Crippen LogP contribution is 2.18. The Morgan fingerprint density at radius 1 is 1.38 bits per heavy atom. The van der Waals surface area contributed by atoms with E-state index in [9.17, 15) is 9.90 Å². The lowest BCUT2D eigenvalue weighted by atomic mass is 9.97. The van der Waals surface area contributed by atoms with Crippen LogP contribution in [-0.2, 0) is 0 Å². The SMILES string of the molecule is CC(O)C(N)c1nc(C(=O)NC2CCCCCCC2)co1. The largest absolute Gasteiger partial charge is 0.446 e. The molecule has 0 bridgehead atoms. The van der Waals surface area contributed by atoms with Crippen LogP contribution in [0.3, 0.4) is 0 Å². The van der Waals surface area contributed by atoms with Crippen LogP contribution in [-0.4, -0.2) is 28.1 Å². The average Bonchev–Trinajstić information content (AvgIpc) is 2.90. The number of hydrogen-bond donors (Lipinski definition) is 3. The Bertz CT molecular complexity index is 451. The van der Waals surface area contributed by atoms with Crippen LogP contribution >= 0.6 is 0 Å². The van der Waals surface area contributed by atoms with Crippen molar-refractivity contribution in [2.75, 3.05) is 0 Å². The van der Waals surface area contributed by atoms with Gasteiger partial charge in [-0.2, -0.15) is 0 Å². The Morgan fingerprint density at radius 2 is 2.00 bits per heavy atom. The first-order valence-corrected chi connectivity index (χ1v) is 7.78. The van der Waals surface area contributed by atoms with E-state index in [1.165, 1.54) is 25.5 Å². The van der Waals surface area contributed by atoms with E-state index in [1.54, 1.807) is 6.92 Å². The molecule has 2 atom stereocenters. The Kier molecular flexibility index (Phi) is 5.76. The van der Waals surface area contributed by atoms with Gasteiger partial charge in [-0.05, 0) is 19.8 Å². The van der Waals surface area contributed by atoms with Crippen LogP contribution in [0, 0.1) is 0 Å². The zero-order chi connectivity index (χ0) is 15.2. The minimum atomic E-state index is -0.773. The molecule has 2 rings (SSSR count). The summed E-state index contributed by atoms with van der Waals surface area (Å²) in [6.45, 7) is 1.56. The number of rotatable bonds is 4. The number of amides is 1. The molecule has 1 heterocycles. The summed E-state index contributed by atoms with van der Waals surface area (Å²) in [5.74, 6) is -0.0406. The molecule has 1 saturated carbocycles. The number of oxazole rings is 1. The highest BCUT2D eigenvalue weighted by atomic mass is 16.3. The number of nitrogens with one attached hydrogen (secondary N) is 1. The molecule has 118 valence electrons. The number of aliphatic hydroxyl groups excluding tert-OH is 1. The second kappa shape index (κ2) is 7.56. The molecule has 4 N–H and O–H groups in total. The molecule has 6 nitrogen and oxygen atoms in total. The molecule has 0 saturated heterocycles. The molecule has 1 amide bonds. The summed E-state index contributed by atoms with van der Waals surface area (Å²) >= 11 is 0. The highest BCUT2D eigenvalue weighted by Gasteiger charge is 2.22. The van der Waals surface area contributed by atoms with Crippen molar-refractivity contribution in [1.29, 1.82) is 0 Å². The second-order valence-corrected chi connectivity index (χ2v) is 5.85. The quantitative estimate of drug-likeness (QED) is 0.787. The van der Waals surface area contributed by atoms with Crippen molar-refractivity contribution in [3.05, 3.63) is 17.8 Å². The van der Waals surface area contributed by atoms with Gasteiger partial charge in [0.1, 0.15) is 12.3 Å². The maximum Gasteiger partial charge on any atom is 0.273 e. The van der Waals surface area contributed by atoms with Crippen molar-refractivity contribution in [2.45, 2.75) is 70.1 Å². The standard InChI is InChI=1S/C15H25N3O3/c1-10(19)13(16)15-18-12(9-21-15)14(20)17-11-7-5-3-2-4-6-8-11/h9-11,13,19H,2-8,16H2,1H3,(H,17,20). The van der Waals surface area contributed by atoms with Gasteiger partial charge in [0, 0.05) is 6.04 Å². The van der Waals surface area contributed by atoms with Gasteiger partial charge < -0.3 is 20.6 Å². The number of nitrogens with zero attached hydrogens (tertiary/aromatic N) is 1. The number of aromatic nitrogens is 1. The van der Waals surface area contributed by atoms with E-state index in [-0.39, 0.29) is 23.5 Å². The van der Waals surface area contributed by atoms with Gasteiger partial charge in [0.05, 0.1) is 6.10 Å². The zero-order valence-electron chi connectivity index (χ0n) is 12.5. The van der Waals surface area contributed by atoms with E-state index in [0.717, 1.165) is 25.7 Å². The molecular formula is C15H25N3O3. The molecule has 21 heavy (non-hydrogen) atoms. The molecule has 1 fully saturated rings. The van der Waals surface area contributed by atoms with Crippen molar-refractivity contribution in [2.24, 2.45) is 5.73 Å². The number of nitrogens with two attached hydrogens (primary N) is 1. The summed E-state index contributed by atoms with van der Waals surface area (Å²) in [5.41, 5.74) is 5.96. The lowest BCUT2D eigenvalue weighted by molar-refractivity contribution is 0.0925. The van der Waals surface area contributed by atoms with Gasteiger partial charge >= 0.3 is 0 Å². The van der Waals surface area contributed by atoms with Crippen LogP contribution in [0.5, 0.6) is 0 Å². The summed E-state index contributed by atoms with van der Waals surface area (Å²) in [4.78, 5) is 16.3. The molecule has 1 aromatic heterocycles.